The molecule has 122 valence electrons. The molecule has 0 heterocycles. The topological polar surface area (TPSA) is 58.6 Å². The van der Waals surface area contributed by atoms with E-state index in [9.17, 15) is 4.79 Å². The van der Waals surface area contributed by atoms with Crippen LogP contribution in [0.25, 0.3) is 0 Å². The molecule has 0 unspecified atom stereocenters. The van der Waals surface area contributed by atoms with Gasteiger partial charge in [0.15, 0.2) is 0 Å². The predicted octanol–water partition coefficient (Wildman–Crippen LogP) is 4.62. The lowest BCUT2D eigenvalue weighted by Crippen LogP contribution is -2.09. The van der Waals surface area contributed by atoms with E-state index < -0.39 is 5.97 Å². The summed E-state index contributed by atoms with van der Waals surface area (Å²) in [5.74, 6) is -0.0794. The number of para-hydroxylation sites is 1. The number of carboxylic acids is 1. The summed E-state index contributed by atoms with van der Waals surface area (Å²) in [5.41, 5.74) is 1.90. The van der Waals surface area contributed by atoms with E-state index in [1.54, 1.807) is 12.1 Å². The number of hydrogen-bond acceptors (Lipinski definition) is 3. The zero-order chi connectivity index (χ0) is 16.7. The predicted molar refractivity (Wildman–Crippen MR) is 92.8 cm³/mol. The number of anilines is 1. The Labute approximate surface area is 141 Å². The SMILES string of the molecule is Cc1ccccc1OCCCCNc1ccc(Cl)cc1C(=O)O. The Kier molecular flexibility index (Phi) is 6.29. The summed E-state index contributed by atoms with van der Waals surface area (Å²) >= 11 is 5.83. The Morgan fingerprint density at radius 1 is 1.22 bits per heavy atom. The molecule has 0 aliphatic rings. The summed E-state index contributed by atoms with van der Waals surface area (Å²) in [6, 6.07) is 12.7. The standard InChI is InChI=1S/C18H20ClNO3/c1-13-6-2-3-7-17(13)23-11-5-4-10-20-16-9-8-14(19)12-15(16)18(21)22/h2-3,6-9,12,20H,4-5,10-11H2,1H3,(H,21,22). The molecule has 0 radical (unpaired) electrons. The molecule has 23 heavy (non-hydrogen) atoms. The van der Waals surface area contributed by atoms with Crippen LogP contribution in [0.2, 0.25) is 5.02 Å². The first kappa shape index (κ1) is 17.2. The van der Waals surface area contributed by atoms with Crippen LogP contribution in [0.3, 0.4) is 0 Å². The fraction of sp³-hybridized carbons (Fsp3) is 0.278. The van der Waals surface area contributed by atoms with Crippen molar-refractivity contribution in [2.45, 2.75) is 19.8 Å². The van der Waals surface area contributed by atoms with Gasteiger partial charge in [-0.25, -0.2) is 4.79 Å². The van der Waals surface area contributed by atoms with E-state index in [2.05, 4.69) is 5.32 Å². The lowest BCUT2D eigenvalue weighted by atomic mass is 10.1. The summed E-state index contributed by atoms with van der Waals surface area (Å²) < 4.78 is 5.73. The third-order valence-electron chi connectivity index (χ3n) is 3.45. The van der Waals surface area contributed by atoms with Crippen molar-refractivity contribution in [2.75, 3.05) is 18.5 Å². The molecule has 0 spiro atoms. The molecule has 2 N–H and O–H groups in total. The number of unbranched alkanes of at least 4 members (excludes halogenated alkanes) is 1. The van der Waals surface area contributed by atoms with Gasteiger partial charge >= 0.3 is 5.97 Å². The number of aryl methyl sites for hydroxylation is 1. The number of carbonyl (C=O) groups is 1. The number of halogens is 1. The molecule has 2 aromatic rings. The normalized spacial score (nSPS) is 10.3. The van der Waals surface area contributed by atoms with Crippen LogP contribution in [-0.4, -0.2) is 24.2 Å². The number of hydrogen-bond donors (Lipinski definition) is 2. The molecule has 0 amide bonds. The third-order valence-corrected chi connectivity index (χ3v) is 3.68. The molecule has 0 saturated heterocycles. The van der Waals surface area contributed by atoms with Crippen LogP contribution in [0.1, 0.15) is 28.8 Å². The van der Waals surface area contributed by atoms with Gasteiger partial charge in [-0.05, 0) is 49.6 Å². The first-order chi connectivity index (χ1) is 11.1. The monoisotopic (exact) mass is 333 g/mol. The summed E-state index contributed by atoms with van der Waals surface area (Å²) in [4.78, 5) is 11.2. The number of ether oxygens (including phenoxy) is 1. The number of aromatic carboxylic acids is 1. The van der Waals surface area contributed by atoms with Gasteiger partial charge in [0, 0.05) is 17.3 Å². The van der Waals surface area contributed by atoms with E-state index in [-0.39, 0.29) is 5.56 Å². The zero-order valence-corrected chi connectivity index (χ0v) is 13.8. The first-order valence-corrected chi connectivity index (χ1v) is 7.91. The van der Waals surface area contributed by atoms with Crippen molar-refractivity contribution in [1.29, 1.82) is 0 Å². The summed E-state index contributed by atoms with van der Waals surface area (Å²) in [6.45, 7) is 3.34. The highest BCUT2D eigenvalue weighted by molar-refractivity contribution is 6.31. The van der Waals surface area contributed by atoms with Gasteiger partial charge in [-0.2, -0.15) is 0 Å². The van der Waals surface area contributed by atoms with Gasteiger partial charge in [0.2, 0.25) is 0 Å². The van der Waals surface area contributed by atoms with Crippen LogP contribution >= 0.6 is 11.6 Å². The van der Waals surface area contributed by atoms with Gasteiger partial charge in [-0.15, -0.1) is 0 Å². The largest absolute Gasteiger partial charge is 0.493 e. The Bertz CT molecular complexity index is 673. The van der Waals surface area contributed by atoms with E-state index in [4.69, 9.17) is 21.4 Å². The van der Waals surface area contributed by atoms with Gasteiger partial charge < -0.3 is 15.2 Å². The maximum absolute atomic E-state index is 11.2. The number of benzene rings is 2. The average Bonchev–Trinajstić information content (AvgIpc) is 2.53. The second-order valence-corrected chi connectivity index (χ2v) is 5.68. The maximum Gasteiger partial charge on any atom is 0.337 e. The smallest absolute Gasteiger partial charge is 0.337 e. The van der Waals surface area contributed by atoms with Gasteiger partial charge in [-0.3, -0.25) is 0 Å². The first-order valence-electron chi connectivity index (χ1n) is 7.53. The molecule has 2 aromatic carbocycles. The van der Waals surface area contributed by atoms with Gasteiger partial charge in [0.25, 0.3) is 0 Å². The van der Waals surface area contributed by atoms with Gasteiger partial charge in [-0.1, -0.05) is 29.8 Å². The highest BCUT2D eigenvalue weighted by atomic mass is 35.5. The Hall–Kier alpha value is -2.20. The minimum absolute atomic E-state index is 0.189. The molecule has 0 saturated carbocycles. The van der Waals surface area contributed by atoms with Crippen molar-refractivity contribution in [3.8, 4) is 5.75 Å². The minimum atomic E-state index is -0.988. The quantitative estimate of drug-likeness (QED) is 0.692. The number of rotatable bonds is 8. The number of carboxylic acid groups (broad SMARTS) is 1. The Balaban J connectivity index is 1.74. The molecular formula is C18H20ClNO3. The molecule has 5 heteroatoms. The molecule has 4 nitrogen and oxygen atoms in total. The van der Waals surface area contributed by atoms with E-state index in [0.29, 0.717) is 23.9 Å². The molecule has 0 atom stereocenters. The van der Waals surface area contributed by atoms with E-state index in [1.807, 2.05) is 31.2 Å². The van der Waals surface area contributed by atoms with Gasteiger partial charge in [0.1, 0.15) is 5.75 Å². The van der Waals surface area contributed by atoms with E-state index in [0.717, 1.165) is 24.2 Å². The average molecular weight is 334 g/mol. The zero-order valence-electron chi connectivity index (χ0n) is 13.0. The molecule has 0 aromatic heterocycles. The molecule has 0 aliphatic heterocycles. The molecule has 0 bridgehead atoms. The second kappa shape index (κ2) is 8.44. The van der Waals surface area contributed by atoms with Gasteiger partial charge in [0.05, 0.1) is 12.2 Å². The fourth-order valence-electron chi connectivity index (χ4n) is 2.20. The van der Waals surface area contributed by atoms with Crippen LogP contribution < -0.4 is 10.1 Å². The molecule has 2 rings (SSSR count). The highest BCUT2D eigenvalue weighted by Gasteiger charge is 2.10. The summed E-state index contributed by atoms with van der Waals surface area (Å²) in [6.07, 6.45) is 1.77. The van der Waals surface area contributed by atoms with Crippen molar-refractivity contribution in [3.63, 3.8) is 0 Å². The lowest BCUT2D eigenvalue weighted by molar-refractivity contribution is 0.0698. The lowest BCUT2D eigenvalue weighted by Gasteiger charge is -2.11. The highest BCUT2D eigenvalue weighted by Crippen LogP contribution is 2.21. The number of nitrogens with one attached hydrogen (secondary N) is 1. The third kappa shape index (κ3) is 5.18. The summed E-state index contributed by atoms with van der Waals surface area (Å²) in [7, 11) is 0. The van der Waals surface area contributed by atoms with Crippen LogP contribution in [0.15, 0.2) is 42.5 Å². The summed E-state index contributed by atoms with van der Waals surface area (Å²) in [5, 5.41) is 12.7. The van der Waals surface area contributed by atoms with E-state index in [1.165, 1.54) is 6.07 Å². The van der Waals surface area contributed by atoms with E-state index >= 15 is 0 Å². The van der Waals surface area contributed by atoms with Crippen molar-refractivity contribution < 1.29 is 14.6 Å². The van der Waals surface area contributed by atoms with Crippen LogP contribution in [0, 0.1) is 6.92 Å². The maximum atomic E-state index is 11.2. The fourth-order valence-corrected chi connectivity index (χ4v) is 2.37. The second-order valence-electron chi connectivity index (χ2n) is 5.24. The van der Waals surface area contributed by atoms with Crippen molar-refractivity contribution in [3.05, 3.63) is 58.6 Å². The van der Waals surface area contributed by atoms with Crippen LogP contribution in [0.5, 0.6) is 5.75 Å². The molecule has 0 fully saturated rings. The molecular weight excluding hydrogens is 314 g/mol. The van der Waals surface area contributed by atoms with Crippen LogP contribution in [-0.2, 0) is 0 Å². The molecule has 0 aliphatic carbocycles. The Morgan fingerprint density at radius 3 is 2.74 bits per heavy atom. The van der Waals surface area contributed by atoms with Crippen LogP contribution in [0.4, 0.5) is 5.69 Å². The minimum Gasteiger partial charge on any atom is -0.493 e. The Morgan fingerprint density at radius 2 is 2.00 bits per heavy atom. The van der Waals surface area contributed by atoms with Crippen molar-refractivity contribution in [2.24, 2.45) is 0 Å². The van der Waals surface area contributed by atoms with Crippen molar-refractivity contribution in [1.82, 2.24) is 0 Å². The van der Waals surface area contributed by atoms with Crippen molar-refractivity contribution >= 4 is 23.3 Å².